The molecule has 9 heteroatoms. The number of hydrogen-bond donors (Lipinski definition) is 0. The normalized spacial score (nSPS) is 11.6. The van der Waals surface area contributed by atoms with E-state index in [0.717, 1.165) is 17.7 Å². The fourth-order valence-electron chi connectivity index (χ4n) is 2.25. The number of carbonyl (C=O) groups excluding carboxylic acids is 1. The predicted octanol–water partition coefficient (Wildman–Crippen LogP) is 4.29. The fraction of sp³-hybridized carbons (Fsp3) is 0.167. The average molecular weight is 380 g/mol. The Morgan fingerprint density at radius 3 is 2.48 bits per heavy atom. The van der Waals surface area contributed by atoms with Gasteiger partial charge in [0, 0.05) is 5.56 Å². The molecular formula is C18H12F4N2O3. The van der Waals surface area contributed by atoms with Gasteiger partial charge in [-0.1, -0.05) is 41.6 Å². The van der Waals surface area contributed by atoms with Crippen molar-refractivity contribution < 1.29 is 31.6 Å². The molecule has 0 aliphatic carbocycles. The highest BCUT2D eigenvalue weighted by Crippen LogP contribution is 2.29. The maximum absolute atomic E-state index is 14.2. The first-order valence-corrected chi connectivity index (χ1v) is 7.70. The zero-order chi connectivity index (χ0) is 19.4. The van der Waals surface area contributed by atoms with Crippen LogP contribution in [0.5, 0.6) is 0 Å². The van der Waals surface area contributed by atoms with Gasteiger partial charge < -0.3 is 9.26 Å². The molecule has 0 aliphatic rings. The Morgan fingerprint density at radius 2 is 1.85 bits per heavy atom. The zero-order valence-corrected chi connectivity index (χ0v) is 13.7. The van der Waals surface area contributed by atoms with E-state index in [4.69, 9.17) is 4.74 Å². The molecule has 27 heavy (non-hydrogen) atoms. The van der Waals surface area contributed by atoms with Crippen molar-refractivity contribution in [1.82, 2.24) is 10.1 Å². The molecule has 0 fully saturated rings. The van der Waals surface area contributed by atoms with Crippen molar-refractivity contribution >= 4 is 5.78 Å². The van der Waals surface area contributed by atoms with Gasteiger partial charge in [-0.25, -0.2) is 4.39 Å². The summed E-state index contributed by atoms with van der Waals surface area (Å²) in [4.78, 5) is 15.2. The first-order chi connectivity index (χ1) is 12.8. The summed E-state index contributed by atoms with van der Waals surface area (Å²) in [5.41, 5.74) is 0.568. The molecule has 0 N–H and O–H groups in total. The van der Waals surface area contributed by atoms with Crippen LogP contribution in [0.1, 0.15) is 21.8 Å². The van der Waals surface area contributed by atoms with Crippen molar-refractivity contribution in [3.8, 4) is 11.4 Å². The number of hydrogen-bond acceptors (Lipinski definition) is 5. The summed E-state index contributed by atoms with van der Waals surface area (Å²) >= 11 is 0. The van der Waals surface area contributed by atoms with Crippen molar-refractivity contribution in [2.24, 2.45) is 0 Å². The van der Waals surface area contributed by atoms with Crippen LogP contribution < -0.4 is 0 Å². The van der Waals surface area contributed by atoms with Gasteiger partial charge in [0.25, 0.3) is 0 Å². The molecule has 0 saturated heterocycles. The maximum atomic E-state index is 14.2. The van der Waals surface area contributed by atoms with E-state index >= 15 is 0 Å². The molecule has 0 saturated carbocycles. The van der Waals surface area contributed by atoms with Crippen molar-refractivity contribution in [2.45, 2.75) is 12.8 Å². The number of ether oxygens (including phenoxy) is 1. The number of alkyl halides is 3. The Bertz CT molecular complexity index is 939. The highest BCUT2D eigenvalue weighted by molar-refractivity contribution is 5.97. The Morgan fingerprint density at radius 1 is 1.11 bits per heavy atom. The largest absolute Gasteiger partial charge is 0.471 e. The summed E-state index contributed by atoms with van der Waals surface area (Å²) in [5.74, 6) is -3.48. The molecule has 0 spiro atoms. The number of ketones is 1. The molecule has 0 unspecified atom stereocenters. The van der Waals surface area contributed by atoms with Crippen molar-refractivity contribution in [3.63, 3.8) is 0 Å². The van der Waals surface area contributed by atoms with Crippen LogP contribution in [0.15, 0.2) is 53.1 Å². The summed E-state index contributed by atoms with van der Waals surface area (Å²) in [6, 6.07) is 12.4. The van der Waals surface area contributed by atoms with Gasteiger partial charge in [0.15, 0.2) is 5.78 Å². The van der Waals surface area contributed by atoms with E-state index in [-0.39, 0.29) is 24.3 Å². The maximum Gasteiger partial charge on any atom is 0.471 e. The van der Waals surface area contributed by atoms with E-state index in [0.29, 0.717) is 0 Å². The van der Waals surface area contributed by atoms with Gasteiger partial charge in [-0.2, -0.15) is 18.2 Å². The van der Waals surface area contributed by atoms with Gasteiger partial charge in [0.05, 0.1) is 12.2 Å². The van der Waals surface area contributed by atoms with Crippen LogP contribution in [0.4, 0.5) is 17.6 Å². The van der Waals surface area contributed by atoms with E-state index in [1.165, 1.54) is 6.07 Å². The fourth-order valence-corrected chi connectivity index (χ4v) is 2.25. The quantitative estimate of drug-likeness (QED) is 0.471. The molecule has 3 rings (SSSR count). The number of halogens is 4. The van der Waals surface area contributed by atoms with Crippen LogP contribution in [-0.4, -0.2) is 22.5 Å². The topological polar surface area (TPSA) is 65.2 Å². The van der Waals surface area contributed by atoms with Crippen LogP contribution in [0.2, 0.25) is 0 Å². The van der Waals surface area contributed by atoms with Gasteiger partial charge in [-0.15, -0.1) is 0 Å². The summed E-state index contributed by atoms with van der Waals surface area (Å²) in [7, 11) is 0. The van der Waals surface area contributed by atoms with Gasteiger partial charge in [-0.3, -0.25) is 4.79 Å². The summed E-state index contributed by atoms with van der Waals surface area (Å²) in [6.07, 6.45) is -4.80. The number of Topliss-reactive ketones (excluding diaryl/α,β-unsaturated/α-hetero) is 1. The van der Waals surface area contributed by atoms with E-state index in [9.17, 15) is 22.4 Å². The van der Waals surface area contributed by atoms with E-state index in [1.807, 2.05) is 30.3 Å². The predicted molar refractivity (Wildman–Crippen MR) is 85.1 cm³/mol. The van der Waals surface area contributed by atoms with Gasteiger partial charge in [0.2, 0.25) is 5.82 Å². The van der Waals surface area contributed by atoms with Crippen molar-refractivity contribution in [3.05, 3.63) is 71.4 Å². The Balaban J connectivity index is 1.67. The number of aromatic nitrogens is 2. The van der Waals surface area contributed by atoms with Crippen LogP contribution >= 0.6 is 0 Å². The van der Waals surface area contributed by atoms with Gasteiger partial charge in [0.1, 0.15) is 12.4 Å². The first kappa shape index (κ1) is 18.7. The molecule has 0 aliphatic heterocycles. The van der Waals surface area contributed by atoms with Crippen LogP contribution in [0.25, 0.3) is 11.4 Å². The second-order valence-electron chi connectivity index (χ2n) is 5.52. The molecule has 0 amide bonds. The standard InChI is InChI=1S/C18H12F4N2O3/c19-14-8-12(16-23-17(27-24-16)18(20,21)22)6-7-13(14)15(25)10-26-9-11-4-2-1-3-5-11/h1-8H,9-10H2. The van der Waals surface area contributed by atoms with Gasteiger partial charge in [-0.05, 0) is 17.7 Å². The average Bonchev–Trinajstić information content (AvgIpc) is 3.13. The number of carbonyl (C=O) groups is 1. The Kier molecular flexibility index (Phi) is 5.31. The molecule has 2 aromatic carbocycles. The van der Waals surface area contributed by atoms with Crippen LogP contribution in [-0.2, 0) is 17.5 Å². The first-order valence-electron chi connectivity index (χ1n) is 7.70. The van der Waals surface area contributed by atoms with Crippen LogP contribution in [0, 0.1) is 5.82 Å². The number of benzene rings is 2. The second-order valence-corrected chi connectivity index (χ2v) is 5.52. The highest BCUT2D eigenvalue weighted by Gasteiger charge is 2.38. The number of nitrogens with zero attached hydrogens (tertiary/aromatic N) is 2. The molecule has 5 nitrogen and oxygen atoms in total. The summed E-state index contributed by atoms with van der Waals surface area (Å²) in [6.45, 7) is -0.152. The lowest BCUT2D eigenvalue weighted by Crippen LogP contribution is -2.11. The smallest absolute Gasteiger partial charge is 0.369 e. The van der Waals surface area contributed by atoms with E-state index in [1.54, 1.807) is 0 Å². The molecule has 0 radical (unpaired) electrons. The minimum atomic E-state index is -4.80. The van der Waals surface area contributed by atoms with Crippen LogP contribution in [0.3, 0.4) is 0 Å². The third-order valence-electron chi connectivity index (χ3n) is 3.54. The van der Waals surface area contributed by atoms with Gasteiger partial charge >= 0.3 is 12.1 Å². The Hall–Kier alpha value is -3.07. The number of rotatable bonds is 6. The molecule has 0 atom stereocenters. The van der Waals surface area contributed by atoms with E-state index < -0.39 is 29.5 Å². The minimum Gasteiger partial charge on any atom is -0.369 e. The molecule has 1 aromatic heterocycles. The molecule has 140 valence electrons. The lowest BCUT2D eigenvalue weighted by molar-refractivity contribution is -0.159. The molecule has 1 heterocycles. The monoisotopic (exact) mass is 380 g/mol. The minimum absolute atomic E-state index is 0.0477. The molecule has 0 bridgehead atoms. The lowest BCUT2D eigenvalue weighted by atomic mass is 10.1. The summed E-state index contributed by atoms with van der Waals surface area (Å²) < 4.78 is 61.0. The van der Waals surface area contributed by atoms with Crippen molar-refractivity contribution in [2.75, 3.05) is 6.61 Å². The summed E-state index contributed by atoms with van der Waals surface area (Å²) in [5, 5.41) is 3.17. The molecule has 3 aromatic rings. The molecular weight excluding hydrogens is 368 g/mol. The Labute approximate surface area is 150 Å². The lowest BCUT2D eigenvalue weighted by Gasteiger charge is -2.06. The van der Waals surface area contributed by atoms with E-state index in [2.05, 4.69) is 14.7 Å². The second kappa shape index (κ2) is 7.67. The van der Waals surface area contributed by atoms with Crippen molar-refractivity contribution in [1.29, 1.82) is 0 Å². The SMILES string of the molecule is O=C(COCc1ccccc1)c1ccc(-c2noc(C(F)(F)F)n2)cc1F. The highest BCUT2D eigenvalue weighted by atomic mass is 19.4. The third kappa shape index (κ3) is 4.56. The zero-order valence-electron chi connectivity index (χ0n) is 13.7. The third-order valence-corrected chi connectivity index (χ3v) is 3.54.